The van der Waals surface area contributed by atoms with Crippen LogP contribution in [0.5, 0.6) is 0 Å². The molecule has 0 aliphatic carbocycles. The number of likely N-dealkylation sites (tertiary alicyclic amines) is 1. The Balaban J connectivity index is 1.24. The number of cyclic esters (lactones) is 1. The molecule has 0 saturated carbocycles. The number of nitrogens with one attached hydrogen (secondary N) is 3. The number of aromatic nitrogens is 2. The summed E-state index contributed by atoms with van der Waals surface area (Å²) >= 11 is 0. The van der Waals surface area contributed by atoms with Crippen LogP contribution in [0.25, 0.3) is 33.3 Å². The maximum Gasteiger partial charge on any atom is 0.324 e. The molecule has 3 aliphatic heterocycles. The number of carbonyl (C=O) groups is 5. The van der Waals surface area contributed by atoms with Gasteiger partial charge in [0.15, 0.2) is 5.67 Å². The molecule has 4 aromatic rings. The Kier molecular flexibility index (Phi) is 15.2. The number of carbonyl (C=O) groups excluding carboxylic acids is 5. The van der Waals surface area contributed by atoms with Gasteiger partial charge < -0.3 is 23.8 Å². The summed E-state index contributed by atoms with van der Waals surface area (Å²) in [6, 6.07) is 15.5. The third-order valence-electron chi connectivity index (χ3n) is 13.7. The number of amides is 4. The molecule has 2 aromatic heterocycles. The normalized spacial score (nSPS) is 20.6. The molecule has 68 heavy (non-hydrogen) atoms. The second-order valence-corrected chi connectivity index (χ2v) is 19.6. The maximum atomic E-state index is 16.3. The summed E-state index contributed by atoms with van der Waals surface area (Å²) in [6.45, 7) is 16.5. The third-order valence-corrected chi connectivity index (χ3v) is 13.7. The van der Waals surface area contributed by atoms with Crippen LogP contribution in [0.4, 0.5) is 4.39 Å². The van der Waals surface area contributed by atoms with Crippen molar-refractivity contribution < 1.29 is 37.8 Å². The lowest BCUT2D eigenvalue weighted by atomic mass is 9.84. The number of methoxy groups -OCH3 is 1. The van der Waals surface area contributed by atoms with E-state index < -0.39 is 58.8 Å². The highest BCUT2D eigenvalue weighted by molar-refractivity contribution is 5.96. The van der Waals surface area contributed by atoms with Crippen LogP contribution in [0.2, 0.25) is 0 Å². The van der Waals surface area contributed by atoms with E-state index in [0.29, 0.717) is 32.4 Å². The summed E-state index contributed by atoms with van der Waals surface area (Å²) in [5.74, 6) is -3.15. The minimum atomic E-state index is -2.27. The van der Waals surface area contributed by atoms with Crippen LogP contribution in [-0.2, 0) is 52.8 Å². The van der Waals surface area contributed by atoms with Gasteiger partial charge in [0.25, 0.3) is 17.7 Å². The van der Waals surface area contributed by atoms with E-state index in [0.717, 1.165) is 61.1 Å². The highest BCUT2D eigenvalue weighted by Crippen LogP contribution is 2.42. The monoisotopic (exact) mass is 935 g/mol. The van der Waals surface area contributed by atoms with Crippen molar-refractivity contribution in [2.24, 2.45) is 11.3 Å². The molecule has 0 spiro atoms. The third kappa shape index (κ3) is 10.4. The first kappa shape index (κ1) is 49.9. The number of ether oxygens (including phenoxy) is 2. The van der Waals surface area contributed by atoms with E-state index in [9.17, 15) is 24.0 Å². The standard InChI is InChI=1S/C52H67FN8O7/c1-10-43(62)59-25-21-52(53,22-26-59)50(66)58(8)45(32(3)4)47(63)56-55-41-28-34-15-12-16-35(27-34)36-19-20-42-38(29-36)39(46(60(42)11-2)37-17-13-23-54-44(37)33(5)67-9)30-51(6,7)31-68-49(65)40-18-14-24-61(57-40)48(41)64/h10,12-13,15-17,19-20,23,27,29,32-33,40-41,45,55,57H,1,11,14,18,21-22,24-26,28,30-31H2,2-9H3,(H,56,63)/t33-,40-,41-,45-/m0/s1. The Morgan fingerprint density at radius 3 is 2.49 bits per heavy atom. The van der Waals surface area contributed by atoms with Gasteiger partial charge in [0, 0.05) is 81.3 Å². The summed E-state index contributed by atoms with van der Waals surface area (Å²) in [5.41, 5.74) is 13.7. The fraction of sp³-hybridized carbons (Fsp3) is 0.500. The van der Waals surface area contributed by atoms with Crippen LogP contribution >= 0.6 is 0 Å². The highest BCUT2D eigenvalue weighted by atomic mass is 19.1. The smallest absolute Gasteiger partial charge is 0.324 e. The van der Waals surface area contributed by atoms with Gasteiger partial charge in [-0.05, 0) is 98.0 Å². The number of esters is 1. The van der Waals surface area contributed by atoms with Crippen molar-refractivity contribution in [1.82, 2.24) is 40.6 Å². The largest absolute Gasteiger partial charge is 0.464 e. The molecule has 4 amide bonds. The van der Waals surface area contributed by atoms with Gasteiger partial charge in [-0.15, -0.1) is 0 Å². The summed E-state index contributed by atoms with van der Waals surface area (Å²) in [7, 11) is 3.08. The number of nitrogens with zero attached hydrogens (tertiary/aromatic N) is 5. The second kappa shape index (κ2) is 20.7. The fourth-order valence-corrected chi connectivity index (χ4v) is 10.0. The molecule has 3 N–H and O–H groups in total. The molecule has 4 atom stereocenters. The van der Waals surface area contributed by atoms with Gasteiger partial charge in [0.05, 0.1) is 24.1 Å². The number of rotatable bonds is 11. The first-order valence-corrected chi connectivity index (χ1v) is 23.8. The van der Waals surface area contributed by atoms with Crippen LogP contribution in [0, 0.1) is 11.3 Å². The second-order valence-electron chi connectivity index (χ2n) is 19.6. The number of pyridine rings is 1. The molecule has 6 bridgehead atoms. The van der Waals surface area contributed by atoms with Crippen molar-refractivity contribution in [3.8, 4) is 22.4 Å². The lowest BCUT2D eigenvalue weighted by molar-refractivity contribution is -0.155. The highest BCUT2D eigenvalue weighted by Gasteiger charge is 2.47. The zero-order valence-corrected chi connectivity index (χ0v) is 40.7. The predicted molar refractivity (Wildman–Crippen MR) is 258 cm³/mol. The van der Waals surface area contributed by atoms with Crippen molar-refractivity contribution in [2.75, 3.05) is 40.4 Å². The molecule has 364 valence electrons. The number of aryl methyl sites for hydroxylation is 1. The van der Waals surface area contributed by atoms with Crippen molar-refractivity contribution in [2.45, 2.75) is 117 Å². The molecule has 2 fully saturated rings. The summed E-state index contributed by atoms with van der Waals surface area (Å²) in [5, 5.41) is 2.47. The number of hydrogen-bond acceptors (Lipinski definition) is 10. The Morgan fingerprint density at radius 2 is 1.79 bits per heavy atom. The topological polar surface area (TPSA) is 167 Å². The predicted octanol–water partition coefficient (Wildman–Crippen LogP) is 6.25. The number of piperidine rings is 1. The molecule has 5 heterocycles. The van der Waals surface area contributed by atoms with Gasteiger partial charge in [-0.1, -0.05) is 64.6 Å². The Labute approximate surface area is 398 Å². The SMILES string of the molecule is C=CC(=O)N1CCC(F)(C(=O)N(C)[C@H](C(=O)NN[C@H]2Cc3cccc(c3)-c3ccc4c(c3)c(c(-c3cccnc3[C@H](C)OC)n4CC)CC(C)(C)COC(=O)[C@@H]3CCCN(N3)C2=O)C(C)C)CC1. The first-order chi connectivity index (χ1) is 32.4. The molecule has 2 saturated heterocycles. The number of alkyl halides is 1. The number of likely N-dealkylation sites (N-methyl/N-ethyl adjacent to an activating group) is 1. The quantitative estimate of drug-likeness (QED) is 0.0889. The van der Waals surface area contributed by atoms with Crippen molar-refractivity contribution in [3.63, 3.8) is 0 Å². The number of hydrogen-bond donors (Lipinski definition) is 3. The molecule has 2 aromatic carbocycles. The molecule has 16 heteroatoms. The summed E-state index contributed by atoms with van der Waals surface area (Å²) < 4.78 is 30.5. The van der Waals surface area contributed by atoms with Gasteiger partial charge >= 0.3 is 5.97 Å². The molecule has 3 aliphatic rings. The van der Waals surface area contributed by atoms with Crippen LogP contribution in [-0.4, -0.2) is 118 Å². The van der Waals surface area contributed by atoms with Crippen LogP contribution in [0.15, 0.2) is 73.4 Å². The van der Waals surface area contributed by atoms with E-state index in [4.69, 9.17) is 14.5 Å². The van der Waals surface area contributed by atoms with E-state index in [2.05, 4.69) is 72.5 Å². The molecule has 7 rings (SSSR count). The van der Waals surface area contributed by atoms with E-state index in [1.165, 1.54) is 17.0 Å². The van der Waals surface area contributed by atoms with Crippen molar-refractivity contribution in [1.29, 1.82) is 0 Å². The van der Waals surface area contributed by atoms with Gasteiger partial charge in [-0.3, -0.25) is 39.4 Å². The molecule has 15 nitrogen and oxygen atoms in total. The number of hydrazine groups is 2. The van der Waals surface area contributed by atoms with Crippen LogP contribution < -0.4 is 16.3 Å². The van der Waals surface area contributed by atoms with Gasteiger partial charge in [0.2, 0.25) is 5.91 Å². The molecule has 0 unspecified atom stereocenters. The zero-order chi connectivity index (χ0) is 49.1. The lowest BCUT2D eigenvalue weighted by Gasteiger charge is -2.39. The number of fused-ring (bicyclic) bond motifs is 6. The Hall–Kier alpha value is -5.97. The van der Waals surface area contributed by atoms with E-state index in [-0.39, 0.29) is 51.0 Å². The fourth-order valence-electron chi connectivity index (χ4n) is 10.0. The average molecular weight is 935 g/mol. The maximum absolute atomic E-state index is 16.3. The van der Waals surface area contributed by atoms with Crippen molar-refractivity contribution >= 4 is 40.5 Å². The number of benzene rings is 2. The summed E-state index contributed by atoms with van der Waals surface area (Å²) in [4.78, 5) is 75.9. The average Bonchev–Trinajstić information content (AvgIpc) is 3.64. The van der Waals surface area contributed by atoms with Gasteiger partial charge in [-0.25, -0.2) is 15.2 Å². The van der Waals surface area contributed by atoms with E-state index in [1.807, 2.05) is 37.3 Å². The van der Waals surface area contributed by atoms with E-state index >= 15 is 4.39 Å². The van der Waals surface area contributed by atoms with Gasteiger partial charge in [0.1, 0.15) is 18.1 Å². The zero-order valence-electron chi connectivity index (χ0n) is 40.7. The first-order valence-electron chi connectivity index (χ1n) is 23.8. The Morgan fingerprint density at radius 1 is 1.06 bits per heavy atom. The Bertz CT molecular complexity index is 2550. The number of halogens is 1. The summed E-state index contributed by atoms with van der Waals surface area (Å²) in [6.07, 6.45) is 3.94. The minimum absolute atomic E-state index is 0.0394. The minimum Gasteiger partial charge on any atom is -0.464 e. The van der Waals surface area contributed by atoms with Crippen LogP contribution in [0.3, 0.4) is 0 Å². The molecular weight excluding hydrogens is 868 g/mol. The molecular formula is C52H67FN8O7. The van der Waals surface area contributed by atoms with E-state index in [1.54, 1.807) is 27.2 Å². The molecule has 0 radical (unpaired) electrons. The van der Waals surface area contributed by atoms with Crippen molar-refractivity contribution in [3.05, 3.63) is 90.3 Å². The van der Waals surface area contributed by atoms with Gasteiger partial charge in [-0.2, -0.15) is 0 Å². The van der Waals surface area contributed by atoms with Crippen LogP contribution in [0.1, 0.15) is 90.2 Å². The lowest BCUT2D eigenvalue weighted by Crippen LogP contribution is -2.63.